The molecule has 2 aromatic carbocycles. The van der Waals surface area contributed by atoms with Crippen molar-refractivity contribution >= 4 is 23.1 Å². The Balaban J connectivity index is 2.06. The van der Waals surface area contributed by atoms with Crippen molar-refractivity contribution in [3.05, 3.63) is 53.7 Å². The van der Waals surface area contributed by atoms with Gasteiger partial charge in [0.05, 0.1) is 45.2 Å². The van der Waals surface area contributed by atoms with Gasteiger partial charge < -0.3 is 24.3 Å². The van der Waals surface area contributed by atoms with Gasteiger partial charge in [0.2, 0.25) is 0 Å². The molecule has 3 rings (SSSR count). The molecule has 0 atom stereocenters. The molecule has 0 bridgehead atoms. The van der Waals surface area contributed by atoms with Crippen LogP contribution in [0.4, 0.5) is 5.69 Å². The summed E-state index contributed by atoms with van der Waals surface area (Å²) in [5, 5.41) is 3.10. The van der Waals surface area contributed by atoms with Crippen LogP contribution in [0.15, 0.2) is 48.2 Å². The Morgan fingerprint density at radius 3 is 2.23 bits per heavy atom. The summed E-state index contributed by atoms with van der Waals surface area (Å²) in [6.45, 7) is 2.82. The number of anilines is 1. The van der Waals surface area contributed by atoms with Gasteiger partial charge in [-0.25, -0.2) is 0 Å². The first-order chi connectivity index (χ1) is 15.0. The molecule has 0 unspecified atom stereocenters. The minimum atomic E-state index is -0.434. The highest BCUT2D eigenvalue weighted by Gasteiger charge is 2.39. The number of methoxy groups -OCH3 is 3. The van der Waals surface area contributed by atoms with Crippen LogP contribution in [-0.4, -0.2) is 57.8 Å². The van der Waals surface area contributed by atoms with Crippen LogP contribution in [0, 0.1) is 0 Å². The predicted molar refractivity (Wildman–Crippen MR) is 116 cm³/mol. The molecule has 0 aliphatic carbocycles. The van der Waals surface area contributed by atoms with E-state index in [1.807, 2.05) is 6.92 Å². The lowest BCUT2D eigenvalue weighted by Crippen LogP contribution is -2.35. The molecule has 0 radical (unpaired) electrons. The molecule has 1 aliphatic rings. The molecule has 31 heavy (non-hydrogen) atoms. The van der Waals surface area contributed by atoms with Crippen molar-refractivity contribution in [1.29, 1.82) is 0 Å². The molecule has 2 amide bonds. The van der Waals surface area contributed by atoms with E-state index in [9.17, 15) is 9.59 Å². The second kappa shape index (κ2) is 9.99. The highest BCUT2D eigenvalue weighted by Crippen LogP contribution is 2.35. The standard InChI is InChI=1S/C23H26N2O6/c1-5-31-16-8-6-15(7-9-16)20-21(23(27)25(22(20)26)12-13-28-2)24-18-14-17(29-3)10-11-19(18)30-4/h6-11,14,24H,5,12-13H2,1-4H3. The maximum Gasteiger partial charge on any atom is 0.278 e. The number of ether oxygens (including phenoxy) is 4. The Kier molecular flexibility index (Phi) is 7.15. The Morgan fingerprint density at radius 2 is 1.61 bits per heavy atom. The number of amides is 2. The number of imide groups is 1. The number of carbonyl (C=O) groups excluding carboxylic acids is 2. The summed E-state index contributed by atoms with van der Waals surface area (Å²) in [6.07, 6.45) is 0. The second-order valence-electron chi connectivity index (χ2n) is 6.65. The van der Waals surface area contributed by atoms with Crippen LogP contribution in [0.3, 0.4) is 0 Å². The molecule has 1 aliphatic heterocycles. The van der Waals surface area contributed by atoms with Gasteiger partial charge in [0, 0.05) is 13.2 Å². The van der Waals surface area contributed by atoms with Gasteiger partial charge in [0.1, 0.15) is 22.9 Å². The fraction of sp³-hybridized carbons (Fsp3) is 0.304. The molecule has 0 aromatic heterocycles. The van der Waals surface area contributed by atoms with Gasteiger partial charge >= 0.3 is 0 Å². The third-order valence-corrected chi connectivity index (χ3v) is 4.81. The average Bonchev–Trinajstić information content (AvgIpc) is 3.02. The van der Waals surface area contributed by atoms with E-state index >= 15 is 0 Å². The molecule has 0 fully saturated rings. The highest BCUT2D eigenvalue weighted by molar-refractivity contribution is 6.36. The lowest BCUT2D eigenvalue weighted by atomic mass is 10.0. The van der Waals surface area contributed by atoms with Gasteiger partial charge in [-0.3, -0.25) is 14.5 Å². The van der Waals surface area contributed by atoms with Gasteiger partial charge in [0.25, 0.3) is 11.8 Å². The number of hydrogen-bond donors (Lipinski definition) is 1. The Bertz CT molecular complexity index is 984. The van der Waals surface area contributed by atoms with E-state index in [1.54, 1.807) is 49.6 Å². The minimum absolute atomic E-state index is 0.148. The monoisotopic (exact) mass is 426 g/mol. The molecule has 164 valence electrons. The quantitative estimate of drug-likeness (QED) is 0.585. The summed E-state index contributed by atoms with van der Waals surface area (Å²) in [4.78, 5) is 27.5. The lowest BCUT2D eigenvalue weighted by molar-refractivity contribution is -0.137. The fourth-order valence-corrected chi connectivity index (χ4v) is 3.28. The Hall–Kier alpha value is -3.52. The molecule has 0 spiro atoms. The third kappa shape index (κ3) is 4.64. The van der Waals surface area contributed by atoms with Crippen LogP contribution < -0.4 is 19.5 Å². The van der Waals surface area contributed by atoms with Crippen molar-refractivity contribution in [3.8, 4) is 17.2 Å². The summed E-state index contributed by atoms with van der Waals surface area (Å²) in [5.41, 5.74) is 1.55. The fourth-order valence-electron chi connectivity index (χ4n) is 3.28. The molecule has 2 aromatic rings. The Labute approximate surface area is 181 Å². The average molecular weight is 426 g/mol. The van der Waals surface area contributed by atoms with E-state index in [4.69, 9.17) is 18.9 Å². The number of nitrogens with zero attached hydrogens (tertiary/aromatic N) is 1. The summed E-state index contributed by atoms with van der Waals surface area (Å²) < 4.78 is 21.2. The number of rotatable bonds is 10. The molecule has 8 heteroatoms. The normalized spacial score (nSPS) is 13.6. The van der Waals surface area contributed by atoms with E-state index < -0.39 is 11.8 Å². The molecule has 0 saturated carbocycles. The van der Waals surface area contributed by atoms with Crippen molar-refractivity contribution in [2.45, 2.75) is 6.92 Å². The third-order valence-electron chi connectivity index (χ3n) is 4.81. The summed E-state index contributed by atoms with van der Waals surface area (Å²) in [6, 6.07) is 12.2. The van der Waals surface area contributed by atoms with Crippen LogP contribution in [-0.2, 0) is 14.3 Å². The SMILES string of the molecule is CCOc1ccc(C2=C(Nc3cc(OC)ccc3OC)C(=O)N(CCOC)C2=O)cc1. The van der Waals surface area contributed by atoms with Gasteiger partial charge in [-0.05, 0) is 36.8 Å². The molecule has 1 heterocycles. The van der Waals surface area contributed by atoms with Gasteiger partial charge in [-0.2, -0.15) is 0 Å². The highest BCUT2D eigenvalue weighted by atomic mass is 16.5. The largest absolute Gasteiger partial charge is 0.497 e. The summed E-state index contributed by atoms with van der Waals surface area (Å²) >= 11 is 0. The first kappa shape index (κ1) is 22.2. The number of hydrogen-bond acceptors (Lipinski definition) is 7. The maximum atomic E-state index is 13.2. The lowest BCUT2D eigenvalue weighted by Gasteiger charge is -2.15. The van der Waals surface area contributed by atoms with Crippen molar-refractivity contribution in [3.63, 3.8) is 0 Å². The summed E-state index contributed by atoms with van der Waals surface area (Å²) in [7, 11) is 4.60. The van der Waals surface area contributed by atoms with Gasteiger partial charge in [0.15, 0.2) is 0 Å². The number of nitrogens with one attached hydrogen (secondary N) is 1. The van der Waals surface area contributed by atoms with Crippen molar-refractivity contribution < 1.29 is 28.5 Å². The molecule has 0 saturated heterocycles. The topological polar surface area (TPSA) is 86.3 Å². The van der Waals surface area contributed by atoms with Crippen molar-refractivity contribution in [1.82, 2.24) is 4.90 Å². The molecular weight excluding hydrogens is 400 g/mol. The van der Waals surface area contributed by atoms with E-state index in [0.717, 1.165) is 0 Å². The second-order valence-corrected chi connectivity index (χ2v) is 6.65. The predicted octanol–water partition coefficient (Wildman–Crippen LogP) is 2.94. The number of benzene rings is 2. The molecular formula is C23H26N2O6. The minimum Gasteiger partial charge on any atom is -0.497 e. The van der Waals surface area contributed by atoms with Gasteiger partial charge in [-0.15, -0.1) is 0 Å². The zero-order valence-electron chi connectivity index (χ0n) is 18.1. The first-order valence-corrected chi connectivity index (χ1v) is 9.85. The zero-order valence-corrected chi connectivity index (χ0v) is 18.1. The summed E-state index contributed by atoms with van der Waals surface area (Å²) in [5.74, 6) is 0.949. The zero-order chi connectivity index (χ0) is 22.4. The van der Waals surface area contributed by atoms with Crippen LogP contribution in [0.1, 0.15) is 12.5 Å². The first-order valence-electron chi connectivity index (χ1n) is 9.85. The van der Waals surface area contributed by atoms with Crippen LogP contribution >= 0.6 is 0 Å². The Morgan fingerprint density at radius 1 is 0.903 bits per heavy atom. The van der Waals surface area contributed by atoms with Crippen molar-refractivity contribution in [2.24, 2.45) is 0 Å². The van der Waals surface area contributed by atoms with Gasteiger partial charge in [-0.1, -0.05) is 12.1 Å². The van der Waals surface area contributed by atoms with E-state index in [1.165, 1.54) is 19.1 Å². The van der Waals surface area contributed by atoms with Crippen molar-refractivity contribution in [2.75, 3.05) is 46.4 Å². The molecule has 1 N–H and O–H groups in total. The number of carbonyl (C=O) groups is 2. The van der Waals surface area contributed by atoms with Crippen LogP contribution in [0.5, 0.6) is 17.2 Å². The van der Waals surface area contributed by atoms with Crippen LogP contribution in [0.2, 0.25) is 0 Å². The smallest absolute Gasteiger partial charge is 0.278 e. The van der Waals surface area contributed by atoms with E-state index in [-0.39, 0.29) is 24.4 Å². The molecule has 8 nitrogen and oxygen atoms in total. The maximum absolute atomic E-state index is 13.2. The van der Waals surface area contributed by atoms with E-state index in [2.05, 4.69) is 5.32 Å². The van der Waals surface area contributed by atoms with E-state index in [0.29, 0.717) is 35.1 Å². The van der Waals surface area contributed by atoms with Crippen LogP contribution in [0.25, 0.3) is 5.57 Å².